The highest BCUT2D eigenvalue weighted by atomic mass is 16.5. The minimum absolute atomic E-state index is 0.0227. The van der Waals surface area contributed by atoms with E-state index in [1.165, 1.54) is 0 Å². The molecule has 1 fully saturated rings. The van der Waals surface area contributed by atoms with Gasteiger partial charge in [-0.3, -0.25) is 4.79 Å². The Bertz CT molecular complexity index is 941. The Kier molecular flexibility index (Phi) is 4.62. The Morgan fingerprint density at radius 2 is 1.81 bits per heavy atom. The van der Waals surface area contributed by atoms with Gasteiger partial charge in [0.2, 0.25) is 0 Å². The molecule has 0 aliphatic carbocycles. The van der Waals surface area contributed by atoms with Crippen LogP contribution in [0, 0.1) is 0 Å². The number of aromatic amines is 1. The van der Waals surface area contributed by atoms with E-state index in [1.54, 1.807) is 12.1 Å². The zero-order chi connectivity index (χ0) is 18.8. The van der Waals surface area contributed by atoms with Gasteiger partial charge in [-0.05, 0) is 49.4 Å². The summed E-state index contributed by atoms with van der Waals surface area (Å²) in [5.74, 6) is 1.08. The van der Waals surface area contributed by atoms with E-state index in [4.69, 9.17) is 4.74 Å². The number of nitrogens with zero attached hydrogens (tertiary/aromatic N) is 2. The van der Waals surface area contributed by atoms with Crippen LogP contribution in [0.5, 0.6) is 11.5 Å². The number of carbonyl (C=O) groups is 1. The normalized spacial score (nSPS) is 14.6. The van der Waals surface area contributed by atoms with Gasteiger partial charge in [-0.1, -0.05) is 0 Å². The second-order valence-electron chi connectivity index (χ2n) is 6.66. The van der Waals surface area contributed by atoms with Crippen molar-refractivity contribution in [3.8, 4) is 11.5 Å². The van der Waals surface area contributed by atoms with Gasteiger partial charge in [0, 0.05) is 48.8 Å². The zero-order valence-corrected chi connectivity index (χ0v) is 15.3. The van der Waals surface area contributed by atoms with Crippen molar-refractivity contribution in [2.75, 3.05) is 37.7 Å². The molecule has 2 aromatic carbocycles. The van der Waals surface area contributed by atoms with Gasteiger partial charge in [-0.15, -0.1) is 0 Å². The smallest absolute Gasteiger partial charge is 0.270 e. The molecule has 0 unspecified atom stereocenters. The van der Waals surface area contributed by atoms with Gasteiger partial charge in [0.25, 0.3) is 5.91 Å². The number of carbonyl (C=O) groups excluding carboxylic acids is 1. The van der Waals surface area contributed by atoms with Gasteiger partial charge in [-0.2, -0.15) is 0 Å². The highest BCUT2D eigenvalue weighted by Gasteiger charge is 2.23. The van der Waals surface area contributed by atoms with E-state index in [-0.39, 0.29) is 11.7 Å². The highest BCUT2D eigenvalue weighted by Crippen LogP contribution is 2.23. The van der Waals surface area contributed by atoms with Gasteiger partial charge in [0.1, 0.15) is 17.2 Å². The van der Waals surface area contributed by atoms with Crippen LogP contribution in [0.25, 0.3) is 10.9 Å². The first-order valence-corrected chi connectivity index (χ1v) is 9.23. The third kappa shape index (κ3) is 3.56. The lowest BCUT2D eigenvalue weighted by atomic mass is 10.2. The Morgan fingerprint density at radius 1 is 1.07 bits per heavy atom. The van der Waals surface area contributed by atoms with Crippen molar-refractivity contribution in [1.82, 2.24) is 9.88 Å². The average Bonchev–Trinajstić information content (AvgIpc) is 3.12. The SMILES string of the molecule is CCOc1ccc2cc(C(=O)N3CCN(c4ccc(O)cc4)CC3)[nH]c2c1. The summed E-state index contributed by atoms with van der Waals surface area (Å²) in [5.41, 5.74) is 2.58. The van der Waals surface area contributed by atoms with Crippen molar-refractivity contribution in [2.45, 2.75) is 6.92 Å². The molecule has 1 amide bonds. The molecule has 2 heterocycles. The summed E-state index contributed by atoms with van der Waals surface area (Å²) in [4.78, 5) is 20.2. The van der Waals surface area contributed by atoms with Crippen molar-refractivity contribution < 1.29 is 14.6 Å². The van der Waals surface area contributed by atoms with Gasteiger partial charge in [0.05, 0.1) is 6.61 Å². The molecular weight excluding hydrogens is 342 g/mol. The minimum Gasteiger partial charge on any atom is -0.508 e. The molecule has 4 rings (SSSR count). The molecule has 1 aromatic heterocycles. The number of benzene rings is 2. The topological polar surface area (TPSA) is 68.8 Å². The van der Waals surface area contributed by atoms with Crippen LogP contribution in [0.15, 0.2) is 48.5 Å². The van der Waals surface area contributed by atoms with E-state index in [2.05, 4.69) is 9.88 Å². The summed E-state index contributed by atoms with van der Waals surface area (Å²) in [6.07, 6.45) is 0. The van der Waals surface area contributed by atoms with Gasteiger partial charge >= 0.3 is 0 Å². The number of hydrogen-bond donors (Lipinski definition) is 2. The standard InChI is InChI=1S/C21H23N3O3/c1-2-27-18-8-3-15-13-20(22-19(15)14-18)21(26)24-11-9-23(10-12-24)16-4-6-17(25)7-5-16/h3-8,13-14,22,25H,2,9-12H2,1H3. The van der Waals surface area contributed by atoms with E-state index in [1.807, 2.05) is 48.2 Å². The number of phenolic OH excluding ortho intramolecular Hbond substituents is 1. The second-order valence-corrected chi connectivity index (χ2v) is 6.66. The number of aromatic nitrogens is 1. The summed E-state index contributed by atoms with van der Waals surface area (Å²) in [7, 11) is 0. The van der Waals surface area contributed by atoms with Gasteiger partial charge in [-0.25, -0.2) is 0 Å². The predicted molar refractivity (Wildman–Crippen MR) is 106 cm³/mol. The first-order chi connectivity index (χ1) is 13.1. The van der Waals surface area contributed by atoms with Crippen LogP contribution < -0.4 is 9.64 Å². The number of phenols is 1. The maximum absolute atomic E-state index is 12.9. The number of H-pyrrole nitrogens is 1. The minimum atomic E-state index is 0.0227. The third-order valence-corrected chi connectivity index (χ3v) is 4.92. The maximum Gasteiger partial charge on any atom is 0.270 e. The van der Waals surface area contributed by atoms with Crippen LogP contribution in [-0.4, -0.2) is 53.7 Å². The summed E-state index contributed by atoms with van der Waals surface area (Å²) in [5, 5.41) is 10.4. The van der Waals surface area contributed by atoms with Crippen LogP contribution in [0.2, 0.25) is 0 Å². The molecule has 1 aliphatic rings. The largest absolute Gasteiger partial charge is 0.508 e. The Morgan fingerprint density at radius 3 is 2.52 bits per heavy atom. The van der Waals surface area contributed by atoms with Crippen LogP contribution >= 0.6 is 0 Å². The molecule has 6 nitrogen and oxygen atoms in total. The number of fused-ring (bicyclic) bond motifs is 1. The van der Waals surface area contributed by atoms with E-state index >= 15 is 0 Å². The Hall–Kier alpha value is -3.15. The predicted octanol–water partition coefficient (Wildman–Crippen LogP) is 3.23. The van der Waals surface area contributed by atoms with Crippen LogP contribution in [0.4, 0.5) is 5.69 Å². The molecular formula is C21H23N3O3. The quantitative estimate of drug-likeness (QED) is 0.745. The number of amides is 1. The summed E-state index contributed by atoms with van der Waals surface area (Å²) < 4.78 is 5.52. The van der Waals surface area contributed by atoms with Crippen molar-refractivity contribution in [2.24, 2.45) is 0 Å². The number of ether oxygens (including phenoxy) is 1. The van der Waals surface area contributed by atoms with E-state index in [9.17, 15) is 9.90 Å². The number of nitrogens with one attached hydrogen (secondary N) is 1. The molecule has 6 heteroatoms. The lowest BCUT2D eigenvalue weighted by Crippen LogP contribution is -2.48. The van der Waals surface area contributed by atoms with Crippen LogP contribution in [0.3, 0.4) is 0 Å². The van der Waals surface area contributed by atoms with E-state index in [0.717, 1.165) is 35.4 Å². The molecule has 0 spiro atoms. The molecule has 3 aromatic rings. The average molecular weight is 365 g/mol. The van der Waals surface area contributed by atoms with Crippen molar-refractivity contribution >= 4 is 22.5 Å². The lowest BCUT2D eigenvalue weighted by molar-refractivity contribution is 0.0742. The number of piperazine rings is 1. The van der Waals surface area contributed by atoms with Gasteiger partial charge < -0.3 is 24.6 Å². The molecule has 0 saturated carbocycles. The van der Waals surface area contributed by atoms with Crippen molar-refractivity contribution in [3.05, 3.63) is 54.2 Å². The first kappa shape index (κ1) is 17.3. The van der Waals surface area contributed by atoms with Crippen LogP contribution in [0.1, 0.15) is 17.4 Å². The number of hydrogen-bond acceptors (Lipinski definition) is 4. The first-order valence-electron chi connectivity index (χ1n) is 9.23. The number of rotatable bonds is 4. The number of anilines is 1. The summed E-state index contributed by atoms with van der Waals surface area (Å²) >= 11 is 0. The van der Waals surface area contributed by atoms with Crippen molar-refractivity contribution in [1.29, 1.82) is 0 Å². The number of aromatic hydroxyl groups is 1. The zero-order valence-electron chi connectivity index (χ0n) is 15.3. The fourth-order valence-electron chi connectivity index (χ4n) is 3.48. The Labute approximate surface area is 158 Å². The molecule has 0 bridgehead atoms. The Balaban J connectivity index is 1.44. The monoisotopic (exact) mass is 365 g/mol. The molecule has 0 atom stereocenters. The fourth-order valence-corrected chi connectivity index (χ4v) is 3.48. The highest BCUT2D eigenvalue weighted by molar-refractivity contribution is 5.98. The lowest BCUT2D eigenvalue weighted by Gasteiger charge is -2.36. The molecule has 1 saturated heterocycles. The van der Waals surface area contributed by atoms with Crippen molar-refractivity contribution in [3.63, 3.8) is 0 Å². The van der Waals surface area contributed by atoms with E-state index in [0.29, 0.717) is 25.4 Å². The van der Waals surface area contributed by atoms with Crippen LogP contribution in [-0.2, 0) is 0 Å². The fraction of sp³-hybridized carbons (Fsp3) is 0.286. The molecule has 2 N–H and O–H groups in total. The molecule has 1 aliphatic heterocycles. The molecule has 0 radical (unpaired) electrons. The van der Waals surface area contributed by atoms with Gasteiger partial charge in [0.15, 0.2) is 0 Å². The van der Waals surface area contributed by atoms with E-state index < -0.39 is 0 Å². The molecule has 140 valence electrons. The maximum atomic E-state index is 12.9. The second kappa shape index (κ2) is 7.23. The molecule has 27 heavy (non-hydrogen) atoms. The summed E-state index contributed by atoms with van der Waals surface area (Å²) in [6.45, 7) is 5.43. The summed E-state index contributed by atoms with van der Waals surface area (Å²) in [6, 6.07) is 14.9. The third-order valence-electron chi connectivity index (χ3n) is 4.92.